The van der Waals surface area contributed by atoms with E-state index in [4.69, 9.17) is 21.4 Å². The van der Waals surface area contributed by atoms with Crippen molar-refractivity contribution in [3.05, 3.63) is 95.1 Å². The van der Waals surface area contributed by atoms with Gasteiger partial charge in [0.25, 0.3) is 6.43 Å². The third kappa shape index (κ3) is 4.93. The largest absolute Gasteiger partial charge is 0.383 e. The second-order valence-electron chi connectivity index (χ2n) is 8.95. The highest BCUT2D eigenvalue weighted by atomic mass is 19.3. The molecule has 192 valence electrons. The summed E-state index contributed by atoms with van der Waals surface area (Å²) in [5.74, 6) is 0.576. The third-order valence-electron chi connectivity index (χ3n) is 6.36. The van der Waals surface area contributed by atoms with Crippen LogP contribution in [0, 0.1) is 6.92 Å². The van der Waals surface area contributed by atoms with E-state index in [1.54, 1.807) is 6.20 Å². The van der Waals surface area contributed by atoms with Crippen LogP contribution in [-0.4, -0.2) is 30.4 Å². The van der Waals surface area contributed by atoms with Crippen LogP contribution in [0.1, 0.15) is 45.7 Å². The lowest BCUT2D eigenvalue weighted by molar-refractivity contribution is 0.0999. The molecule has 38 heavy (non-hydrogen) atoms. The van der Waals surface area contributed by atoms with Crippen molar-refractivity contribution in [3.63, 3.8) is 0 Å². The van der Waals surface area contributed by atoms with Gasteiger partial charge in [0.05, 0.1) is 11.1 Å². The molecule has 4 heterocycles. The van der Waals surface area contributed by atoms with Crippen LogP contribution in [0.15, 0.2) is 67.0 Å². The van der Waals surface area contributed by atoms with Gasteiger partial charge < -0.3 is 11.5 Å². The van der Waals surface area contributed by atoms with Gasteiger partial charge in [-0.2, -0.15) is 0 Å². The number of nitrogens with zero attached hydrogens (tertiary/aromatic N) is 5. The van der Waals surface area contributed by atoms with Crippen LogP contribution >= 0.6 is 0 Å². The number of aromatic nitrogens is 5. The van der Waals surface area contributed by atoms with Crippen LogP contribution in [0.3, 0.4) is 0 Å². The summed E-state index contributed by atoms with van der Waals surface area (Å²) in [6.07, 6.45) is 3.63. The first kappa shape index (κ1) is 24.9. The van der Waals surface area contributed by atoms with Crippen LogP contribution in [-0.2, 0) is 12.8 Å². The van der Waals surface area contributed by atoms with Gasteiger partial charge in [-0.1, -0.05) is 6.07 Å². The van der Waals surface area contributed by atoms with E-state index in [1.807, 2.05) is 31.2 Å². The number of hydrogen-bond acceptors (Lipinski definition) is 6. The van der Waals surface area contributed by atoms with E-state index in [9.17, 15) is 13.6 Å². The highest BCUT2D eigenvalue weighted by molar-refractivity contribution is 5.92. The number of carbonyl (C=O) groups excluding carboxylic acids is 1. The highest BCUT2D eigenvalue weighted by Gasteiger charge is 2.19. The molecule has 0 saturated heterocycles. The third-order valence-corrected chi connectivity index (χ3v) is 6.36. The van der Waals surface area contributed by atoms with Crippen LogP contribution in [0.2, 0.25) is 0 Å². The number of fused-ring (bicyclic) bond motifs is 2. The summed E-state index contributed by atoms with van der Waals surface area (Å²) < 4.78 is 25.9. The van der Waals surface area contributed by atoms with Crippen molar-refractivity contribution in [1.29, 1.82) is 0 Å². The number of pyridine rings is 3. The molecule has 4 N–H and O–H groups in total. The molecule has 4 aromatic heterocycles. The van der Waals surface area contributed by atoms with Crippen LogP contribution < -0.4 is 11.5 Å². The van der Waals surface area contributed by atoms with E-state index >= 15 is 0 Å². The van der Waals surface area contributed by atoms with Crippen molar-refractivity contribution in [1.82, 2.24) is 24.5 Å². The predicted molar refractivity (Wildman–Crippen MR) is 141 cm³/mol. The zero-order valence-corrected chi connectivity index (χ0v) is 20.6. The zero-order chi connectivity index (χ0) is 26.8. The first-order valence-electron chi connectivity index (χ1n) is 12.0. The van der Waals surface area contributed by atoms with Crippen molar-refractivity contribution in [2.24, 2.45) is 5.73 Å². The van der Waals surface area contributed by atoms with Gasteiger partial charge in [-0.05, 0) is 85.8 Å². The molecule has 8 nitrogen and oxygen atoms in total. The van der Waals surface area contributed by atoms with Gasteiger partial charge in [-0.15, -0.1) is 0 Å². The first-order chi connectivity index (χ1) is 18.3. The number of nitrogens with two attached hydrogens (primary N) is 2. The van der Waals surface area contributed by atoms with E-state index in [1.165, 1.54) is 30.0 Å². The van der Waals surface area contributed by atoms with E-state index in [0.29, 0.717) is 5.82 Å². The van der Waals surface area contributed by atoms with Crippen molar-refractivity contribution in [3.8, 4) is 17.1 Å². The number of nitrogen functional groups attached to an aromatic ring is 1. The maximum Gasteiger partial charge on any atom is 0.280 e. The molecule has 0 atom stereocenters. The fraction of sp³-hybridized carbons (Fsp3) is 0.179. The molecule has 10 heteroatoms. The number of carbonyl (C=O) groups is 1. The summed E-state index contributed by atoms with van der Waals surface area (Å²) in [5, 5.41) is 0. The Balaban J connectivity index is 0.000000207. The number of halogens is 2. The molecule has 0 saturated carbocycles. The summed E-state index contributed by atoms with van der Waals surface area (Å²) >= 11 is 0. The van der Waals surface area contributed by atoms with Gasteiger partial charge in [0.2, 0.25) is 5.91 Å². The monoisotopic (exact) mass is 513 g/mol. The van der Waals surface area contributed by atoms with Gasteiger partial charge >= 0.3 is 0 Å². The van der Waals surface area contributed by atoms with E-state index in [0.717, 1.165) is 52.6 Å². The minimum atomic E-state index is -2.62. The van der Waals surface area contributed by atoms with Gasteiger partial charge in [-0.25, -0.2) is 23.7 Å². The molecule has 0 bridgehead atoms. The Labute approximate surface area is 217 Å². The second-order valence-corrected chi connectivity index (χ2v) is 8.95. The van der Waals surface area contributed by atoms with Gasteiger partial charge in [-0.3, -0.25) is 14.3 Å². The number of hydrogen-bond donors (Lipinski definition) is 2. The number of primary amides is 1. The Morgan fingerprint density at radius 2 is 1.82 bits per heavy atom. The van der Waals surface area contributed by atoms with Crippen LogP contribution in [0.25, 0.3) is 28.2 Å². The minimum Gasteiger partial charge on any atom is -0.383 e. The molecule has 0 unspecified atom stereocenters. The number of amides is 1. The molecule has 1 aliphatic carbocycles. The minimum absolute atomic E-state index is 0.124. The second kappa shape index (κ2) is 10.3. The van der Waals surface area contributed by atoms with Gasteiger partial charge in [0.15, 0.2) is 11.5 Å². The molecule has 0 fully saturated rings. The van der Waals surface area contributed by atoms with Crippen molar-refractivity contribution in [2.45, 2.75) is 32.6 Å². The van der Waals surface area contributed by atoms with Crippen LogP contribution in [0.4, 0.5) is 14.6 Å². The standard InChI is InChI=1S/C21H19N5.C7H6F2N2O/c1-13-7-10-18-21(24-13)26(16-9-8-14-4-2-5-15(14)12-16)20(25-18)17-6-3-11-23-19(17)22;8-6(9)5-2-1-4(3-11-5)7(10)12/h3,6-12H,2,4-5H2,1H3,(H2,22,23);1-3,6H,(H2,10,12). The Hall–Kier alpha value is -4.73. The van der Waals surface area contributed by atoms with Gasteiger partial charge in [0.1, 0.15) is 17.0 Å². The lowest BCUT2D eigenvalue weighted by Crippen LogP contribution is -2.11. The molecular weight excluding hydrogens is 488 g/mol. The zero-order valence-electron chi connectivity index (χ0n) is 20.6. The first-order valence-corrected chi connectivity index (χ1v) is 12.0. The number of anilines is 1. The number of benzene rings is 1. The number of aryl methyl sites for hydroxylation is 3. The van der Waals surface area contributed by atoms with Crippen LogP contribution in [0.5, 0.6) is 0 Å². The summed E-state index contributed by atoms with van der Waals surface area (Å²) in [6.45, 7) is 2.00. The SMILES string of the molecule is Cc1ccc2nc(-c3cccnc3N)n(-c3ccc4c(c3)CCC4)c2n1.NC(=O)c1ccc(C(F)F)nc1. The summed E-state index contributed by atoms with van der Waals surface area (Å²) in [4.78, 5) is 27.7. The maximum atomic E-state index is 11.9. The molecule has 0 aliphatic heterocycles. The Kier molecular flexibility index (Phi) is 6.78. The predicted octanol–water partition coefficient (Wildman–Crippen LogP) is 4.98. The Morgan fingerprint density at radius 1 is 1.00 bits per heavy atom. The van der Waals surface area contributed by atoms with Crippen molar-refractivity contribution >= 4 is 22.9 Å². The molecule has 1 amide bonds. The Bertz CT molecular complexity index is 1630. The number of alkyl halides is 2. The summed E-state index contributed by atoms with van der Waals surface area (Å²) in [5.41, 5.74) is 18.2. The fourth-order valence-corrected chi connectivity index (χ4v) is 4.46. The molecule has 6 rings (SSSR count). The van der Waals surface area contributed by atoms with E-state index < -0.39 is 12.3 Å². The Morgan fingerprint density at radius 3 is 2.53 bits per heavy atom. The lowest BCUT2D eigenvalue weighted by atomic mass is 10.1. The highest BCUT2D eigenvalue weighted by Crippen LogP contribution is 2.32. The summed E-state index contributed by atoms with van der Waals surface area (Å²) in [6, 6.07) is 16.8. The molecule has 0 radical (unpaired) electrons. The number of rotatable bonds is 4. The maximum absolute atomic E-state index is 11.9. The topological polar surface area (TPSA) is 126 Å². The fourth-order valence-electron chi connectivity index (χ4n) is 4.46. The molecule has 5 aromatic rings. The number of imidazole rings is 1. The lowest BCUT2D eigenvalue weighted by Gasteiger charge is -2.12. The van der Waals surface area contributed by atoms with Crippen molar-refractivity contribution < 1.29 is 13.6 Å². The molecular formula is C28H25F2N7O. The molecule has 0 spiro atoms. The summed E-state index contributed by atoms with van der Waals surface area (Å²) in [7, 11) is 0. The molecule has 1 aliphatic rings. The normalized spacial score (nSPS) is 12.3. The molecule has 1 aromatic carbocycles. The van der Waals surface area contributed by atoms with Crippen molar-refractivity contribution in [2.75, 3.05) is 5.73 Å². The quantitative estimate of drug-likeness (QED) is 0.349. The van der Waals surface area contributed by atoms with E-state index in [-0.39, 0.29) is 11.3 Å². The average Bonchev–Trinajstić information content (AvgIpc) is 3.53. The smallest absolute Gasteiger partial charge is 0.280 e. The van der Waals surface area contributed by atoms with E-state index in [2.05, 4.69) is 32.7 Å². The van der Waals surface area contributed by atoms with Gasteiger partial charge in [0, 0.05) is 23.8 Å². The average molecular weight is 514 g/mol.